The van der Waals surface area contributed by atoms with Crippen molar-refractivity contribution in [2.75, 3.05) is 51.8 Å². The number of piperazine rings is 1. The lowest BCUT2D eigenvalue weighted by molar-refractivity contribution is -0.137. The molecular formula is C39H42F2N6O2. The minimum absolute atomic E-state index is 0.156. The van der Waals surface area contributed by atoms with Gasteiger partial charge in [0.15, 0.2) is 0 Å². The van der Waals surface area contributed by atoms with Gasteiger partial charge in [-0.2, -0.15) is 0 Å². The van der Waals surface area contributed by atoms with E-state index in [2.05, 4.69) is 26.0 Å². The number of aromatic nitrogens is 2. The molecule has 2 aliphatic heterocycles. The number of hydrogen-bond donors (Lipinski definition) is 1. The number of carbonyl (C=O) groups is 1. The van der Waals surface area contributed by atoms with E-state index in [1.807, 2.05) is 59.5 Å². The molecule has 8 nitrogen and oxygen atoms in total. The molecule has 2 saturated heterocycles. The number of halogens is 2. The molecule has 0 aliphatic carbocycles. The summed E-state index contributed by atoms with van der Waals surface area (Å²) in [6.07, 6.45) is 2.07. The molecule has 3 heterocycles. The molecule has 0 radical (unpaired) electrons. The quantitative estimate of drug-likeness (QED) is 0.167. The molecule has 254 valence electrons. The summed E-state index contributed by atoms with van der Waals surface area (Å²) in [6, 6.07) is 29.1. The number of rotatable bonds is 12. The maximum atomic E-state index is 14.2. The molecule has 1 atom stereocenters. The second-order valence-electron chi connectivity index (χ2n) is 13.2. The summed E-state index contributed by atoms with van der Waals surface area (Å²) in [5, 5.41) is 2.20. The number of ether oxygens (including phenoxy) is 1. The van der Waals surface area contributed by atoms with Crippen LogP contribution in [0.25, 0.3) is 11.0 Å². The van der Waals surface area contributed by atoms with Gasteiger partial charge >= 0.3 is 0 Å². The minimum atomic E-state index is -0.555. The average molecular weight is 665 g/mol. The second-order valence-corrected chi connectivity index (χ2v) is 13.2. The number of nitrogens with zero attached hydrogens (tertiary/aromatic N) is 5. The van der Waals surface area contributed by atoms with E-state index in [1.54, 1.807) is 19.2 Å². The molecule has 0 bridgehead atoms. The highest BCUT2D eigenvalue weighted by Crippen LogP contribution is 2.40. The topological polar surface area (TPSA) is 65.9 Å². The van der Waals surface area contributed by atoms with E-state index in [1.165, 1.54) is 24.3 Å². The van der Waals surface area contributed by atoms with Crippen molar-refractivity contribution in [2.24, 2.45) is 5.41 Å². The van der Waals surface area contributed by atoms with Crippen molar-refractivity contribution in [1.29, 1.82) is 0 Å². The average Bonchev–Trinajstić information content (AvgIpc) is 3.62. The fourth-order valence-corrected chi connectivity index (χ4v) is 7.25. The standard InChI is InChI=1S/C39H42F2N6O2/c1-49-36-9-5-2-6-31(36)28-45-21-19-39(37(45)48,26-29-10-14-32(40)15-11-29)18-20-44-22-24-46(25-23-44)43-38-42-34-7-3-4-8-35(34)47(38)27-30-12-16-33(41)17-13-30/h2-17H,18-28H2,1H3,(H,42,43). The van der Waals surface area contributed by atoms with Crippen LogP contribution < -0.4 is 10.2 Å². The molecule has 10 heteroatoms. The van der Waals surface area contributed by atoms with Crippen molar-refractivity contribution in [3.63, 3.8) is 0 Å². The molecule has 0 spiro atoms. The number of carbonyl (C=O) groups excluding carboxylic acids is 1. The summed E-state index contributed by atoms with van der Waals surface area (Å²) in [6.45, 7) is 5.82. The van der Waals surface area contributed by atoms with Gasteiger partial charge in [-0.3, -0.25) is 10.2 Å². The third kappa shape index (κ3) is 7.30. The summed E-state index contributed by atoms with van der Waals surface area (Å²) >= 11 is 0. The number of nitrogens with one attached hydrogen (secondary N) is 1. The van der Waals surface area contributed by atoms with Crippen LogP contribution in [0, 0.1) is 17.0 Å². The molecule has 2 fully saturated rings. The first kappa shape index (κ1) is 32.7. The molecule has 1 unspecified atom stereocenters. The van der Waals surface area contributed by atoms with Crippen molar-refractivity contribution in [1.82, 2.24) is 24.4 Å². The van der Waals surface area contributed by atoms with Crippen LogP contribution in [0.3, 0.4) is 0 Å². The van der Waals surface area contributed by atoms with Gasteiger partial charge in [0.1, 0.15) is 17.4 Å². The molecule has 49 heavy (non-hydrogen) atoms. The number of para-hydroxylation sites is 3. The van der Waals surface area contributed by atoms with E-state index in [4.69, 9.17) is 9.72 Å². The van der Waals surface area contributed by atoms with Crippen LogP contribution in [-0.2, 0) is 24.3 Å². The van der Waals surface area contributed by atoms with Crippen molar-refractivity contribution in [3.05, 3.63) is 125 Å². The zero-order chi connectivity index (χ0) is 33.8. The third-order valence-corrected chi connectivity index (χ3v) is 10.1. The Hall–Kier alpha value is -4.80. The number of fused-ring (bicyclic) bond motifs is 1. The van der Waals surface area contributed by atoms with Gasteiger partial charge in [-0.25, -0.2) is 18.8 Å². The minimum Gasteiger partial charge on any atom is -0.496 e. The van der Waals surface area contributed by atoms with Crippen molar-refractivity contribution in [3.8, 4) is 5.75 Å². The first-order valence-electron chi connectivity index (χ1n) is 17.0. The van der Waals surface area contributed by atoms with Crippen LogP contribution in [-0.4, -0.2) is 76.6 Å². The molecule has 1 N–H and O–H groups in total. The lowest BCUT2D eigenvalue weighted by Crippen LogP contribution is -2.50. The van der Waals surface area contributed by atoms with E-state index in [0.717, 1.165) is 85.0 Å². The number of anilines is 1. The Bertz CT molecular complexity index is 1890. The van der Waals surface area contributed by atoms with Crippen LogP contribution in [0.2, 0.25) is 0 Å². The van der Waals surface area contributed by atoms with E-state index >= 15 is 0 Å². The monoisotopic (exact) mass is 664 g/mol. The maximum Gasteiger partial charge on any atom is 0.229 e. The molecule has 7 rings (SSSR count). The van der Waals surface area contributed by atoms with Gasteiger partial charge < -0.3 is 19.1 Å². The Kier molecular flexibility index (Phi) is 9.59. The Balaban J connectivity index is 1.01. The zero-order valence-electron chi connectivity index (χ0n) is 27.8. The van der Waals surface area contributed by atoms with E-state index in [-0.39, 0.29) is 17.5 Å². The summed E-state index contributed by atoms with van der Waals surface area (Å²) in [5.41, 5.74) is 7.89. The first-order chi connectivity index (χ1) is 23.9. The lowest BCUT2D eigenvalue weighted by atomic mass is 9.77. The van der Waals surface area contributed by atoms with E-state index in [0.29, 0.717) is 26.1 Å². The number of likely N-dealkylation sites (tertiary alicyclic amines) is 1. The Morgan fingerprint density at radius 2 is 1.47 bits per heavy atom. The molecule has 1 aromatic heterocycles. The molecule has 0 saturated carbocycles. The summed E-state index contributed by atoms with van der Waals surface area (Å²) in [4.78, 5) is 23.5. The smallest absolute Gasteiger partial charge is 0.229 e. The van der Waals surface area contributed by atoms with E-state index < -0.39 is 5.41 Å². The fraction of sp³-hybridized carbons (Fsp3) is 0.333. The van der Waals surface area contributed by atoms with Crippen LogP contribution in [0.15, 0.2) is 97.1 Å². The maximum absolute atomic E-state index is 14.2. The molecule has 1 amide bonds. The third-order valence-electron chi connectivity index (χ3n) is 10.1. The summed E-state index contributed by atoms with van der Waals surface area (Å²) in [5.74, 6) is 1.17. The van der Waals surface area contributed by atoms with Gasteiger partial charge in [0, 0.05) is 44.8 Å². The normalized spacial score (nSPS) is 18.8. The Morgan fingerprint density at radius 1 is 0.796 bits per heavy atom. The largest absolute Gasteiger partial charge is 0.496 e. The number of benzene rings is 4. The molecule has 4 aromatic carbocycles. The lowest BCUT2D eigenvalue weighted by Gasteiger charge is -2.37. The van der Waals surface area contributed by atoms with Crippen molar-refractivity contribution in [2.45, 2.75) is 32.4 Å². The highest BCUT2D eigenvalue weighted by atomic mass is 19.1. The number of methoxy groups -OCH3 is 1. The Labute approximate surface area is 285 Å². The predicted octanol–water partition coefficient (Wildman–Crippen LogP) is 6.37. The second kappa shape index (κ2) is 14.4. The van der Waals surface area contributed by atoms with Crippen LogP contribution in [0.1, 0.15) is 29.5 Å². The van der Waals surface area contributed by atoms with Gasteiger partial charge in [-0.1, -0.05) is 54.6 Å². The molecule has 5 aromatic rings. The van der Waals surface area contributed by atoms with Crippen LogP contribution >= 0.6 is 0 Å². The number of hydrazine groups is 1. The van der Waals surface area contributed by atoms with Crippen LogP contribution in [0.4, 0.5) is 14.7 Å². The van der Waals surface area contributed by atoms with Crippen LogP contribution in [0.5, 0.6) is 5.75 Å². The number of imidazole rings is 1. The Morgan fingerprint density at radius 3 is 2.20 bits per heavy atom. The predicted molar refractivity (Wildman–Crippen MR) is 187 cm³/mol. The highest BCUT2D eigenvalue weighted by Gasteiger charge is 2.46. The van der Waals surface area contributed by atoms with Gasteiger partial charge in [0.2, 0.25) is 11.9 Å². The SMILES string of the molecule is COc1ccccc1CN1CCC(CCN2CCN(Nc3nc4ccccc4n3Cc3ccc(F)cc3)CC2)(Cc2ccc(F)cc2)C1=O. The van der Waals surface area contributed by atoms with Crippen molar-refractivity contribution >= 4 is 22.9 Å². The van der Waals surface area contributed by atoms with Gasteiger partial charge in [0.05, 0.1) is 30.1 Å². The zero-order valence-corrected chi connectivity index (χ0v) is 27.8. The van der Waals surface area contributed by atoms with Crippen molar-refractivity contribution < 1.29 is 18.3 Å². The number of hydrogen-bond acceptors (Lipinski definition) is 6. The summed E-state index contributed by atoms with van der Waals surface area (Å²) in [7, 11) is 1.66. The molecule has 2 aliphatic rings. The van der Waals surface area contributed by atoms with Gasteiger partial charge in [-0.05, 0) is 79.4 Å². The summed E-state index contributed by atoms with van der Waals surface area (Å²) < 4.78 is 35.1. The molecular weight excluding hydrogens is 622 g/mol. The fourth-order valence-electron chi connectivity index (χ4n) is 7.25. The van der Waals surface area contributed by atoms with Gasteiger partial charge in [0.25, 0.3) is 0 Å². The van der Waals surface area contributed by atoms with Gasteiger partial charge in [-0.15, -0.1) is 0 Å². The van der Waals surface area contributed by atoms with E-state index in [9.17, 15) is 13.6 Å². The highest BCUT2D eigenvalue weighted by molar-refractivity contribution is 5.85. The number of amides is 1. The first-order valence-corrected chi connectivity index (χ1v) is 17.0.